The fourth-order valence-corrected chi connectivity index (χ4v) is 3.55. The smallest absolute Gasteiger partial charge is 0.0842 e. The van der Waals surface area contributed by atoms with E-state index in [9.17, 15) is 5.11 Å². The van der Waals surface area contributed by atoms with Gasteiger partial charge in [-0.25, -0.2) is 0 Å². The first-order chi connectivity index (χ1) is 8.97. The van der Waals surface area contributed by atoms with Crippen LogP contribution in [-0.4, -0.2) is 5.11 Å². The number of rotatable bonds is 3. The summed E-state index contributed by atoms with van der Waals surface area (Å²) in [6.07, 6.45) is -0.0899. The Balaban J connectivity index is 2.25. The summed E-state index contributed by atoms with van der Waals surface area (Å²) >= 11 is 15.3. The third-order valence-corrected chi connectivity index (χ3v) is 4.98. The minimum absolute atomic E-state index is 0.491. The van der Waals surface area contributed by atoms with Gasteiger partial charge in [0.25, 0.3) is 0 Å². The summed E-state index contributed by atoms with van der Waals surface area (Å²) in [5.41, 5.74) is 1.81. The lowest BCUT2D eigenvalue weighted by molar-refractivity contribution is 0.177. The number of aliphatic hydroxyl groups excluding tert-OH is 1. The second-order valence-corrected chi connectivity index (χ2v) is 7.54. The maximum Gasteiger partial charge on any atom is 0.0842 e. The van der Waals surface area contributed by atoms with Crippen LogP contribution in [0.25, 0.3) is 0 Å². The highest BCUT2D eigenvalue weighted by atomic mass is 127. The van der Waals surface area contributed by atoms with Crippen molar-refractivity contribution in [3.63, 3.8) is 0 Å². The third kappa shape index (κ3) is 4.17. The van der Waals surface area contributed by atoms with Crippen LogP contribution in [0, 0.1) is 3.57 Å². The molecule has 0 heterocycles. The van der Waals surface area contributed by atoms with Crippen LogP contribution in [0.4, 0.5) is 0 Å². The molecule has 0 saturated heterocycles. The maximum absolute atomic E-state index is 10.4. The Morgan fingerprint density at radius 2 is 1.89 bits per heavy atom. The lowest BCUT2D eigenvalue weighted by atomic mass is 10.0. The molecular weight excluding hydrogens is 506 g/mol. The molecular formula is C14H10Br2ClIO. The Hall–Kier alpha value is 0.380. The Labute approximate surface area is 147 Å². The average Bonchev–Trinajstić information content (AvgIpc) is 2.35. The molecule has 19 heavy (non-hydrogen) atoms. The van der Waals surface area contributed by atoms with E-state index in [0.717, 1.165) is 23.6 Å². The van der Waals surface area contributed by atoms with Gasteiger partial charge in [0.15, 0.2) is 0 Å². The van der Waals surface area contributed by atoms with Gasteiger partial charge in [0.05, 0.1) is 6.10 Å². The summed E-state index contributed by atoms with van der Waals surface area (Å²) < 4.78 is 2.94. The molecule has 1 atom stereocenters. The number of hydrogen-bond donors (Lipinski definition) is 1. The standard InChI is InChI=1S/C14H10Br2ClIO/c15-9-2-1-8(13(17)6-9)5-14(19)11-7-10(18)3-4-12(11)16/h1-4,6-7,14,19H,5H2. The predicted molar refractivity (Wildman–Crippen MR) is 94.7 cm³/mol. The van der Waals surface area contributed by atoms with E-state index in [2.05, 4.69) is 54.5 Å². The highest BCUT2D eigenvalue weighted by Crippen LogP contribution is 2.30. The van der Waals surface area contributed by atoms with Gasteiger partial charge < -0.3 is 5.11 Å². The summed E-state index contributed by atoms with van der Waals surface area (Å²) in [6, 6.07) is 11.6. The largest absolute Gasteiger partial charge is 0.388 e. The zero-order chi connectivity index (χ0) is 14.0. The van der Waals surface area contributed by atoms with Crippen molar-refractivity contribution < 1.29 is 5.11 Å². The number of hydrogen-bond acceptors (Lipinski definition) is 1. The molecule has 0 fully saturated rings. The quantitative estimate of drug-likeness (QED) is 0.516. The molecule has 0 aliphatic rings. The normalized spacial score (nSPS) is 12.5. The zero-order valence-electron chi connectivity index (χ0n) is 9.71. The van der Waals surface area contributed by atoms with Crippen LogP contribution in [0.1, 0.15) is 17.2 Å². The van der Waals surface area contributed by atoms with Gasteiger partial charge in [0.2, 0.25) is 0 Å². The van der Waals surface area contributed by atoms with Crippen molar-refractivity contribution >= 4 is 66.1 Å². The monoisotopic (exact) mass is 514 g/mol. The summed E-state index contributed by atoms with van der Waals surface area (Å²) in [5, 5.41) is 11.0. The molecule has 1 N–H and O–H groups in total. The topological polar surface area (TPSA) is 20.2 Å². The van der Waals surface area contributed by atoms with Crippen molar-refractivity contribution in [2.75, 3.05) is 0 Å². The first kappa shape index (κ1) is 15.8. The van der Waals surface area contributed by atoms with Crippen LogP contribution in [-0.2, 0) is 6.42 Å². The number of aliphatic hydroxyl groups is 1. The molecule has 1 unspecified atom stereocenters. The molecule has 0 saturated carbocycles. The van der Waals surface area contributed by atoms with E-state index in [4.69, 9.17) is 11.6 Å². The van der Waals surface area contributed by atoms with Crippen molar-refractivity contribution in [3.05, 3.63) is 65.1 Å². The fraction of sp³-hybridized carbons (Fsp3) is 0.143. The average molecular weight is 516 g/mol. The second kappa shape index (κ2) is 6.89. The van der Waals surface area contributed by atoms with Gasteiger partial charge in [-0.3, -0.25) is 0 Å². The summed E-state index contributed by atoms with van der Waals surface area (Å²) in [4.78, 5) is 0. The Bertz CT molecular complexity index is 604. The summed E-state index contributed by atoms with van der Waals surface area (Å²) in [6.45, 7) is 0. The minimum Gasteiger partial charge on any atom is -0.388 e. The summed E-state index contributed by atoms with van der Waals surface area (Å²) in [5.74, 6) is 0. The molecule has 2 aromatic carbocycles. The molecule has 0 aliphatic carbocycles. The van der Waals surface area contributed by atoms with E-state index in [1.54, 1.807) is 0 Å². The van der Waals surface area contributed by atoms with Crippen molar-refractivity contribution in [1.82, 2.24) is 0 Å². The molecule has 0 aromatic heterocycles. The van der Waals surface area contributed by atoms with Gasteiger partial charge in [-0.2, -0.15) is 0 Å². The first-order valence-electron chi connectivity index (χ1n) is 5.54. The Morgan fingerprint density at radius 3 is 2.58 bits per heavy atom. The minimum atomic E-state index is -0.581. The molecule has 0 radical (unpaired) electrons. The van der Waals surface area contributed by atoms with E-state index in [1.807, 2.05) is 36.4 Å². The van der Waals surface area contributed by atoms with Crippen molar-refractivity contribution in [2.45, 2.75) is 12.5 Å². The molecule has 2 aromatic rings. The lowest BCUT2D eigenvalue weighted by Crippen LogP contribution is -2.03. The fourth-order valence-electron chi connectivity index (χ4n) is 1.78. The number of benzene rings is 2. The Morgan fingerprint density at radius 1 is 1.16 bits per heavy atom. The first-order valence-corrected chi connectivity index (χ1v) is 8.58. The van der Waals surface area contributed by atoms with Crippen LogP contribution >= 0.6 is 66.1 Å². The highest BCUT2D eigenvalue weighted by Gasteiger charge is 2.14. The van der Waals surface area contributed by atoms with E-state index >= 15 is 0 Å². The maximum atomic E-state index is 10.4. The van der Waals surface area contributed by atoms with Crippen LogP contribution in [0.3, 0.4) is 0 Å². The van der Waals surface area contributed by atoms with Gasteiger partial charge in [-0.15, -0.1) is 0 Å². The summed E-state index contributed by atoms with van der Waals surface area (Å²) in [7, 11) is 0. The highest BCUT2D eigenvalue weighted by molar-refractivity contribution is 14.1. The molecule has 0 amide bonds. The molecule has 0 aliphatic heterocycles. The van der Waals surface area contributed by atoms with Crippen molar-refractivity contribution in [1.29, 1.82) is 0 Å². The number of halogens is 4. The molecule has 0 spiro atoms. The molecule has 0 bridgehead atoms. The van der Waals surface area contributed by atoms with Gasteiger partial charge >= 0.3 is 0 Å². The van der Waals surface area contributed by atoms with Crippen molar-refractivity contribution in [2.24, 2.45) is 0 Å². The second-order valence-electron chi connectivity index (χ2n) is 4.12. The molecule has 2 rings (SSSR count). The van der Waals surface area contributed by atoms with E-state index in [-0.39, 0.29) is 0 Å². The molecule has 5 heteroatoms. The van der Waals surface area contributed by atoms with E-state index in [1.165, 1.54) is 0 Å². The van der Waals surface area contributed by atoms with E-state index in [0.29, 0.717) is 11.4 Å². The van der Waals surface area contributed by atoms with Crippen LogP contribution < -0.4 is 0 Å². The Kier molecular flexibility index (Phi) is 5.72. The van der Waals surface area contributed by atoms with E-state index < -0.39 is 6.10 Å². The SMILES string of the molecule is OC(Cc1ccc(Br)cc1Cl)c1cc(I)ccc1Br. The van der Waals surface area contributed by atoms with Crippen molar-refractivity contribution in [3.8, 4) is 0 Å². The van der Waals surface area contributed by atoms with Gasteiger partial charge in [-0.05, 0) is 64.0 Å². The zero-order valence-corrected chi connectivity index (χ0v) is 15.8. The van der Waals surface area contributed by atoms with Crippen LogP contribution in [0.15, 0.2) is 45.3 Å². The van der Waals surface area contributed by atoms with Crippen LogP contribution in [0.5, 0.6) is 0 Å². The van der Waals surface area contributed by atoms with Gasteiger partial charge in [0.1, 0.15) is 0 Å². The third-order valence-electron chi connectivity index (χ3n) is 2.75. The molecule has 1 nitrogen and oxygen atoms in total. The van der Waals surface area contributed by atoms with Crippen LogP contribution in [0.2, 0.25) is 5.02 Å². The molecule has 100 valence electrons. The van der Waals surface area contributed by atoms with Gasteiger partial charge in [-0.1, -0.05) is 49.5 Å². The lowest BCUT2D eigenvalue weighted by Gasteiger charge is -2.14. The predicted octanol–water partition coefficient (Wildman–Crippen LogP) is 5.75. The van der Waals surface area contributed by atoms with Gasteiger partial charge in [0, 0.05) is 24.0 Å².